The van der Waals surface area contributed by atoms with E-state index in [0.717, 1.165) is 13.0 Å². The van der Waals surface area contributed by atoms with Crippen molar-refractivity contribution in [3.05, 3.63) is 71.8 Å². The lowest BCUT2D eigenvalue weighted by Gasteiger charge is -2.28. The summed E-state index contributed by atoms with van der Waals surface area (Å²) in [5, 5.41) is 9.23. The van der Waals surface area contributed by atoms with E-state index >= 15 is 0 Å². The van der Waals surface area contributed by atoms with Gasteiger partial charge < -0.3 is 5.11 Å². The molecule has 3 rings (SSSR count). The molecule has 1 aliphatic heterocycles. The van der Waals surface area contributed by atoms with Crippen LogP contribution in [0.25, 0.3) is 0 Å². The molecule has 0 aliphatic carbocycles. The molecule has 3 heteroatoms. The summed E-state index contributed by atoms with van der Waals surface area (Å²) in [6.07, 6.45) is 0.728. The van der Waals surface area contributed by atoms with Gasteiger partial charge in [-0.3, -0.25) is 9.69 Å². The highest BCUT2D eigenvalue weighted by molar-refractivity contribution is 5.70. The molecule has 0 aromatic heterocycles. The van der Waals surface area contributed by atoms with Crippen molar-refractivity contribution in [1.82, 2.24) is 4.90 Å². The smallest absolute Gasteiger partial charge is 0.307 e. The first-order valence-corrected chi connectivity index (χ1v) is 7.32. The number of aliphatic carboxylic acids is 1. The molecule has 2 aromatic rings. The summed E-state index contributed by atoms with van der Waals surface area (Å²) >= 11 is 0. The summed E-state index contributed by atoms with van der Waals surface area (Å²) in [7, 11) is 0. The van der Waals surface area contributed by atoms with Gasteiger partial charge in [0.25, 0.3) is 0 Å². The Bertz CT molecular complexity index is 558. The molecule has 0 radical (unpaired) electrons. The summed E-state index contributed by atoms with van der Waals surface area (Å²) in [4.78, 5) is 13.5. The number of benzene rings is 2. The Hall–Kier alpha value is -2.13. The van der Waals surface area contributed by atoms with Crippen LogP contribution in [0.15, 0.2) is 60.7 Å². The van der Waals surface area contributed by atoms with E-state index in [9.17, 15) is 9.90 Å². The number of carboxylic acids is 1. The maximum Gasteiger partial charge on any atom is 0.307 e. The lowest BCUT2D eigenvalue weighted by Crippen LogP contribution is -2.28. The SMILES string of the molecule is O=C(O)C1CCN(C(c2ccccc2)c2ccccc2)C1. The number of nitrogens with zero attached hydrogens (tertiary/aromatic N) is 1. The Kier molecular flexibility index (Phi) is 4.02. The van der Waals surface area contributed by atoms with Gasteiger partial charge in [0.15, 0.2) is 0 Å². The van der Waals surface area contributed by atoms with Crippen molar-refractivity contribution in [2.75, 3.05) is 13.1 Å². The number of carboxylic acid groups (broad SMARTS) is 1. The van der Waals surface area contributed by atoms with Gasteiger partial charge in [-0.25, -0.2) is 0 Å². The van der Waals surface area contributed by atoms with Crippen molar-refractivity contribution in [2.45, 2.75) is 12.5 Å². The average Bonchev–Trinajstić information content (AvgIpc) is 3.00. The molecule has 2 aromatic carbocycles. The van der Waals surface area contributed by atoms with Gasteiger partial charge in [-0.05, 0) is 24.1 Å². The first-order valence-electron chi connectivity index (χ1n) is 7.32. The summed E-state index contributed by atoms with van der Waals surface area (Å²) in [5.74, 6) is -0.933. The standard InChI is InChI=1S/C18H19NO2/c20-18(21)16-11-12-19(13-16)17(14-7-3-1-4-8-14)15-9-5-2-6-10-15/h1-10,16-17H,11-13H2,(H,20,21). The van der Waals surface area contributed by atoms with Crippen molar-refractivity contribution in [3.8, 4) is 0 Å². The van der Waals surface area contributed by atoms with E-state index in [0.29, 0.717) is 6.54 Å². The normalized spacial score (nSPS) is 19.0. The lowest BCUT2D eigenvalue weighted by atomic mass is 9.97. The first kappa shape index (κ1) is 13.8. The van der Waals surface area contributed by atoms with Gasteiger partial charge in [0, 0.05) is 6.54 Å². The first-order chi connectivity index (χ1) is 10.3. The third-order valence-electron chi connectivity index (χ3n) is 4.16. The van der Waals surface area contributed by atoms with E-state index in [1.165, 1.54) is 11.1 Å². The second-order valence-electron chi connectivity index (χ2n) is 5.54. The minimum Gasteiger partial charge on any atom is -0.481 e. The molecular formula is C18H19NO2. The number of carbonyl (C=O) groups is 1. The maximum absolute atomic E-state index is 11.2. The number of likely N-dealkylation sites (tertiary alicyclic amines) is 1. The molecule has 0 amide bonds. The van der Waals surface area contributed by atoms with E-state index < -0.39 is 5.97 Å². The molecule has 1 heterocycles. The topological polar surface area (TPSA) is 40.5 Å². The second kappa shape index (κ2) is 6.10. The van der Waals surface area contributed by atoms with E-state index in [1.807, 2.05) is 36.4 Å². The number of hydrogen-bond acceptors (Lipinski definition) is 2. The van der Waals surface area contributed by atoms with Gasteiger partial charge in [0.05, 0.1) is 12.0 Å². The van der Waals surface area contributed by atoms with Crippen molar-refractivity contribution in [3.63, 3.8) is 0 Å². The Balaban J connectivity index is 1.93. The van der Waals surface area contributed by atoms with Gasteiger partial charge >= 0.3 is 5.97 Å². The zero-order chi connectivity index (χ0) is 14.7. The molecule has 1 fully saturated rings. The minimum atomic E-state index is -0.683. The fourth-order valence-corrected chi connectivity index (χ4v) is 3.11. The van der Waals surface area contributed by atoms with Crippen LogP contribution in [0.5, 0.6) is 0 Å². The Morgan fingerprint density at radius 2 is 1.52 bits per heavy atom. The largest absolute Gasteiger partial charge is 0.481 e. The van der Waals surface area contributed by atoms with Crippen LogP contribution in [0, 0.1) is 5.92 Å². The third-order valence-corrected chi connectivity index (χ3v) is 4.16. The highest BCUT2D eigenvalue weighted by Crippen LogP contribution is 2.33. The Morgan fingerprint density at radius 3 is 1.95 bits per heavy atom. The van der Waals surface area contributed by atoms with E-state index in [2.05, 4.69) is 29.2 Å². The number of rotatable bonds is 4. The molecule has 1 saturated heterocycles. The van der Waals surface area contributed by atoms with Crippen LogP contribution in [0.2, 0.25) is 0 Å². The van der Waals surface area contributed by atoms with Gasteiger partial charge in [0.1, 0.15) is 0 Å². The van der Waals surface area contributed by atoms with E-state index in [1.54, 1.807) is 0 Å². The Morgan fingerprint density at radius 1 is 1.00 bits per heavy atom. The van der Waals surface area contributed by atoms with Crippen molar-refractivity contribution in [2.24, 2.45) is 5.92 Å². The molecule has 1 atom stereocenters. The highest BCUT2D eigenvalue weighted by Gasteiger charge is 2.33. The number of hydrogen-bond donors (Lipinski definition) is 1. The quantitative estimate of drug-likeness (QED) is 0.935. The molecule has 1 unspecified atom stereocenters. The molecule has 0 bridgehead atoms. The minimum absolute atomic E-state index is 0.136. The summed E-state index contributed by atoms with van der Waals surface area (Å²) in [5.41, 5.74) is 2.43. The van der Waals surface area contributed by atoms with Crippen LogP contribution in [0.3, 0.4) is 0 Å². The predicted molar refractivity (Wildman–Crippen MR) is 82.0 cm³/mol. The van der Waals surface area contributed by atoms with Crippen LogP contribution in [-0.2, 0) is 4.79 Å². The lowest BCUT2D eigenvalue weighted by molar-refractivity contribution is -0.141. The molecule has 0 saturated carbocycles. The maximum atomic E-state index is 11.2. The van der Waals surface area contributed by atoms with Crippen molar-refractivity contribution < 1.29 is 9.90 Å². The van der Waals surface area contributed by atoms with Gasteiger partial charge in [-0.15, -0.1) is 0 Å². The van der Waals surface area contributed by atoms with Gasteiger partial charge in [-0.1, -0.05) is 60.7 Å². The van der Waals surface area contributed by atoms with Crippen LogP contribution >= 0.6 is 0 Å². The predicted octanol–water partition coefficient (Wildman–Crippen LogP) is 3.18. The molecule has 1 aliphatic rings. The monoisotopic (exact) mass is 281 g/mol. The molecule has 21 heavy (non-hydrogen) atoms. The fourth-order valence-electron chi connectivity index (χ4n) is 3.11. The van der Waals surface area contributed by atoms with Crippen molar-refractivity contribution >= 4 is 5.97 Å². The zero-order valence-electron chi connectivity index (χ0n) is 11.9. The molecular weight excluding hydrogens is 262 g/mol. The van der Waals surface area contributed by atoms with Crippen molar-refractivity contribution in [1.29, 1.82) is 0 Å². The summed E-state index contributed by atoms with van der Waals surface area (Å²) in [6.45, 7) is 1.44. The van der Waals surface area contributed by atoms with Crippen LogP contribution in [-0.4, -0.2) is 29.1 Å². The summed E-state index contributed by atoms with van der Waals surface area (Å²) < 4.78 is 0. The van der Waals surface area contributed by atoms with Crippen LogP contribution < -0.4 is 0 Å². The Labute approximate surface area is 124 Å². The van der Waals surface area contributed by atoms with Crippen LogP contribution in [0.4, 0.5) is 0 Å². The average molecular weight is 281 g/mol. The molecule has 108 valence electrons. The molecule has 3 nitrogen and oxygen atoms in total. The molecule has 0 spiro atoms. The van der Waals surface area contributed by atoms with Gasteiger partial charge in [-0.2, -0.15) is 0 Å². The summed E-state index contributed by atoms with van der Waals surface area (Å²) in [6, 6.07) is 20.8. The fraction of sp³-hybridized carbons (Fsp3) is 0.278. The van der Waals surface area contributed by atoms with Gasteiger partial charge in [0.2, 0.25) is 0 Å². The third kappa shape index (κ3) is 2.98. The second-order valence-corrected chi connectivity index (χ2v) is 5.54. The highest BCUT2D eigenvalue weighted by atomic mass is 16.4. The van der Waals surface area contributed by atoms with Crippen LogP contribution in [0.1, 0.15) is 23.6 Å². The van der Waals surface area contributed by atoms with E-state index in [4.69, 9.17) is 0 Å². The molecule has 1 N–H and O–H groups in total. The van der Waals surface area contributed by atoms with E-state index in [-0.39, 0.29) is 12.0 Å². The zero-order valence-corrected chi connectivity index (χ0v) is 11.9.